The van der Waals surface area contributed by atoms with E-state index in [-0.39, 0.29) is 17.3 Å². The molecule has 0 bridgehead atoms. The average molecular weight is 621 g/mol. The first-order valence-corrected chi connectivity index (χ1v) is 14.6. The highest BCUT2D eigenvalue weighted by Gasteiger charge is 2.33. The Kier molecular flexibility index (Phi) is 9.62. The standard InChI is InChI=1S/C28H31BrClN3O4S/c1-20(27(35)31-28(2,3)4)32(18-21-9-8-10-22(29)17-21)26(34)19-33(24-11-6-5-7-12-24)38(36,37)25-15-13-23(30)14-16-25/h5-17,20H,18-19H2,1-4H3,(H,31,35)/t20-/m1/s1. The summed E-state index contributed by atoms with van der Waals surface area (Å²) in [6.45, 7) is 6.81. The van der Waals surface area contributed by atoms with E-state index in [1.54, 1.807) is 37.3 Å². The molecule has 0 fully saturated rings. The van der Waals surface area contributed by atoms with Gasteiger partial charge < -0.3 is 10.2 Å². The van der Waals surface area contributed by atoms with E-state index < -0.39 is 34.1 Å². The van der Waals surface area contributed by atoms with Crippen LogP contribution in [0.5, 0.6) is 0 Å². The summed E-state index contributed by atoms with van der Waals surface area (Å²) in [5.41, 5.74) is 0.601. The van der Waals surface area contributed by atoms with Crippen LogP contribution in [0.1, 0.15) is 33.3 Å². The number of anilines is 1. The summed E-state index contributed by atoms with van der Waals surface area (Å²) < 4.78 is 29.3. The molecule has 10 heteroatoms. The monoisotopic (exact) mass is 619 g/mol. The van der Waals surface area contributed by atoms with Crippen LogP contribution < -0.4 is 9.62 Å². The minimum absolute atomic E-state index is 0.00406. The lowest BCUT2D eigenvalue weighted by Gasteiger charge is -2.33. The maximum atomic E-state index is 13.9. The Morgan fingerprint density at radius 3 is 2.18 bits per heavy atom. The maximum Gasteiger partial charge on any atom is 0.264 e. The van der Waals surface area contributed by atoms with Crippen LogP contribution in [0.25, 0.3) is 0 Å². The molecule has 0 saturated carbocycles. The first-order chi connectivity index (χ1) is 17.8. The molecule has 38 heavy (non-hydrogen) atoms. The van der Waals surface area contributed by atoms with Crippen LogP contribution in [-0.2, 0) is 26.2 Å². The van der Waals surface area contributed by atoms with Crippen molar-refractivity contribution in [3.63, 3.8) is 0 Å². The zero-order valence-corrected chi connectivity index (χ0v) is 24.8. The average Bonchev–Trinajstić information content (AvgIpc) is 2.85. The molecule has 0 radical (unpaired) electrons. The second kappa shape index (κ2) is 12.3. The smallest absolute Gasteiger partial charge is 0.264 e. The molecule has 0 aromatic heterocycles. The van der Waals surface area contributed by atoms with Gasteiger partial charge >= 0.3 is 0 Å². The molecule has 0 aliphatic rings. The molecule has 0 saturated heterocycles. The fourth-order valence-corrected chi connectivity index (χ4v) is 5.73. The molecular weight excluding hydrogens is 590 g/mol. The predicted molar refractivity (Wildman–Crippen MR) is 154 cm³/mol. The minimum Gasteiger partial charge on any atom is -0.350 e. The van der Waals surface area contributed by atoms with Crippen LogP contribution in [-0.4, -0.2) is 43.3 Å². The Balaban J connectivity index is 2.01. The Morgan fingerprint density at radius 2 is 1.61 bits per heavy atom. The lowest BCUT2D eigenvalue weighted by Crippen LogP contribution is -2.54. The summed E-state index contributed by atoms with van der Waals surface area (Å²) in [7, 11) is -4.13. The SMILES string of the molecule is C[C@H](C(=O)NC(C)(C)C)N(Cc1cccc(Br)c1)C(=O)CN(c1ccccc1)S(=O)(=O)c1ccc(Cl)cc1. The van der Waals surface area contributed by atoms with Crippen LogP contribution in [0.15, 0.2) is 88.2 Å². The molecular formula is C28H31BrClN3O4S. The first-order valence-electron chi connectivity index (χ1n) is 12.0. The van der Waals surface area contributed by atoms with Crippen molar-refractivity contribution in [3.8, 4) is 0 Å². The van der Waals surface area contributed by atoms with Crippen LogP contribution in [0.4, 0.5) is 5.69 Å². The number of benzene rings is 3. The number of amides is 2. The summed E-state index contributed by atoms with van der Waals surface area (Å²) in [5.74, 6) is -0.865. The highest BCUT2D eigenvalue weighted by Crippen LogP contribution is 2.25. The van der Waals surface area contributed by atoms with Gasteiger partial charge in [0.25, 0.3) is 10.0 Å². The predicted octanol–water partition coefficient (Wildman–Crippen LogP) is 5.63. The number of sulfonamides is 1. The number of nitrogens with one attached hydrogen (secondary N) is 1. The zero-order chi connectivity index (χ0) is 28.1. The Hall–Kier alpha value is -2.88. The van der Waals surface area contributed by atoms with Crippen molar-refractivity contribution in [2.45, 2.75) is 50.7 Å². The van der Waals surface area contributed by atoms with Crippen molar-refractivity contribution in [2.75, 3.05) is 10.8 Å². The maximum absolute atomic E-state index is 13.9. The Morgan fingerprint density at radius 1 is 0.974 bits per heavy atom. The van der Waals surface area contributed by atoms with Crippen LogP contribution in [0, 0.1) is 0 Å². The van der Waals surface area contributed by atoms with Gasteiger partial charge in [0, 0.05) is 21.6 Å². The third-order valence-electron chi connectivity index (χ3n) is 5.63. The van der Waals surface area contributed by atoms with E-state index in [9.17, 15) is 18.0 Å². The fourth-order valence-electron chi connectivity index (χ4n) is 3.75. The van der Waals surface area contributed by atoms with E-state index in [1.807, 2.05) is 45.0 Å². The van der Waals surface area contributed by atoms with Gasteiger partial charge in [0.2, 0.25) is 11.8 Å². The van der Waals surface area contributed by atoms with Gasteiger partial charge in [-0.3, -0.25) is 13.9 Å². The molecule has 0 aliphatic carbocycles. The molecule has 0 heterocycles. The molecule has 0 unspecified atom stereocenters. The zero-order valence-electron chi connectivity index (χ0n) is 21.7. The molecule has 202 valence electrons. The number of nitrogens with zero attached hydrogens (tertiary/aromatic N) is 2. The third-order valence-corrected chi connectivity index (χ3v) is 8.17. The Bertz CT molecular complexity index is 1380. The van der Waals surface area contributed by atoms with E-state index in [2.05, 4.69) is 21.2 Å². The topological polar surface area (TPSA) is 86.8 Å². The highest BCUT2D eigenvalue weighted by atomic mass is 79.9. The molecule has 1 atom stereocenters. The number of carbonyl (C=O) groups is 2. The number of hydrogen-bond donors (Lipinski definition) is 1. The lowest BCUT2D eigenvalue weighted by atomic mass is 10.1. The number of para-hydroxylation sites is 1. The fraction of sp³-hybridized carbons (Fsp3) is 0.286. The number of carbonyl (C=O) groups excluding carboxylic acids is 2. The molecule has 1 N–H and O–H groups in total. The van der Waals surface area contributed by atoms with Gasteiger partial charge in [-0.25, -0.2) is 8.42 Å². The van der Waals surface area contributed by atoms with Crippen molar-refractivity contribution < 1.29 is 18.0 Å². The van der Waals surface area contributed by atoms with E-state index in [1.165, 1.54) is 29.2 Å². The summed E-state index contributed by atoms with van der Waals surface area (Å²) in [6, 6.07) is 20.7. The van der Waals surface area contributed by atoms with Gasteiger partial charge in [-0.2, -0.15) is 0 Å². The number of rotatable bonds is 9. The van der Waals surface area contributed by atoms with Gasteiger partial charge in [-0.15, -0.1) is 0 Å². The second-order valence-corrected chi connectivity index (χ2v) is 13.1. The molecule has 0 aliphatic heterocycles. The summed E-state index contributed by atoms with van der Waals surface area (Å²) in [5, 5.41) is 3.31. The Labute approximate surface area is 238 Å². The van der Waals surface area contributed by atoms with E-state index in [0.717, 1.165) is 14.3 Å². The van der Waals surface area contributed by atoms with Gasteiger partial charge in [0.1, 0.15) is 12.6 Å². The van der Waals surface area contributed by atoms with Crippen LogP contribution in [0.3, 0.4) is 0 Å². The molecule has 2 amide bonds. The second-order valence-electron chi connectivity index (χ2n) is 9.87. The molecule has 3 aromatic rings. The van der Waals surface area contributed by atoms with Crippen molar-refractivity contribution in [3.05, 3.63) is 93.9 Å². The summed E-state index contributed by atoms with van der Waals surface area (Å²) in [6.07, 6.45) is 0. The summed E-state index contributed by atoms with van der Waals surface area (Å²) in [4.78, 5) is 28.4. The van der Waals surface area contributed by atoms with Crippen molar-refractivity contribution in [2.24, 2.45) is 0 Å². The molecule has 3 rings (SSSR count). The van der Waals surface area contributed by atoms with Crippen LogP contribution >= 0.6 is 27.5 Å². The number of halogens is 2. The largest absolute Gasteiger partial charge is 0.350 e. The van der Waals surface area contributed by atoms with Gasteiger partial charge in [0.05, 0.1) is 10.6 Å². The lowest BCUT2D eigenvalue weighted by molar-refractivity contribution is -0.140. The van der Waals surface area contributed by atoms with Crippen LogP contribution in [0.2, 0.25) is 5.02 Å². The van der Waals surface area contributed by atoms with E-state index >= 15 is 0 Å². The van der Waals surface area contributed by atoms with Crippen molar-refractivity contribution in [1.29, 1.82) is 0 Å². The third kappa shape index (κ3) is 7.82. The van der Waals surface area contributed by atoms with E-state index in [4.69, 9.17) is 11.6 Å². The normalized spacial score (nSPS) is 12.5. The molecule has 3 aromatic carbocycles. The quantitative estimate of drug-likeness (QED) is 0.336. The number of hydrogen-bond acceptors (Lipinski definition) is 4. The van der Waals surface area contributed by atoms with Gasteiger partial charge in [-0.1, -0.05) is 57.9 Å². The van der Waals surface area contributed by atoms with Gasteiger partial charge in [-0.05, 0) is 81.8 Å². The molecule has 7 nitrogen and oxygen atoms in total. The van der Waals surface area contributed by atoms with Crippen molar-refractivity contribution >= 4 is 55.1 Å². The molecule has 0 spiro atoms. The minimum atomic E-state index is -4.13. The highest BCUT2D eigenvalue weighted by molar-refractivity contribution is 9.10. The van der Waals surface area contributed by atoms with E-state index in [0.29, 0.717) is 10.7 Å². The first kappa shape index (κ1) is 29.7. The summed E-state index contributed by atoms with van der Waals surface area (Å²) >= 11 is 9.42. The van der Waals surface area contributed by atoms with Crippen molar-refractivity contribution in [1.82, 2.24) is 10.2 Å². The van der Waals surface area contributed by atoms with Gasteiger partial charge in [0.15, 0.2) is 0 Å².